The molecule has 0 bridgehead atoms. The molecule has 5 heteroatoms. The van der Waals surface area contributed by atoms with Crippen LogP contribution in [-0.2, 0) is 15.8 Å². The van der Waals surface area contributed by atoms with Crippen LogP contribution in [0.15, 0.2) is 54.6 Å². The molecule has 0 radical (unpaired) electrons. The van der Waals surface area contributed by atoms with Crippen LogP contribution in [0.3, 0.4) is 0 Å². The highest BCUT2D eigenvalue weighted by Gasteiger charge is 2.15. The van der Waals surface area contributed by atoms with Crippen molar-refractivity contribution in [2.75, 3.05) is 6.54 Å². The van der Waals surface area contributed by atoms with Crippen molar-refractivity contribution in [1.29, 1.82) is 0 Å². The number of benzene rings is 2. The van der Waals surface area contributed by atoms with E-state index in [1.165, 1.54) is 18.2 Å². The van der Waals surface area contributed by atoms with E-state index in [-0.39, 0.29) is 17.2 Å². The van der Waals surface area contributed by atoms with Gasteiger partial charge in [-0.3, -0.25) is 0 Å². The minimum Gasteiger partial charge on any atom is -0.214 e. The smallest absolute Gasteiger partial charge is 0.214 e. The maximum atomic E-state index is 13.5. The zero-order chi connectivity index (χ0) is 15.3. The van der Waals surface area contributed by atoms with Gasteiger partial charge in [-0.15, -0.1) is 0 Å². The average Bonchev–Trinajstić information content (AvgIpc) is 2.48. The summed E-state index contributed by atoms with van der Waals surface area (Å²) in [6.07, 6.45) is 0. The van der Waals surface area contributed by atoms with Gasteiger partial charge in [0.15, 0.2) is 0 Å². The monoisotopic (exact) mass is 307 g/mol. The Balaban J connectivity index is 1.97. The number of hydrogen-bond acceptors (Lipinski definition) is 2. The highest BCUT2D eigenvalue weighted by Crippen LogP contribution is 2.15. The van der Waals surface area contributed by atoms with Gasteiger partial charge in [0.1, 0.15) is 5.82 Å². The van der Waals surface area contributed by atoms with Crippen molar-refractivity contribution >= 4 is 10.0 Å². The average molecular weight is 307 g/mol. The molecule has 2 aromatic rings. The predicted octanol–water partition coefficient (Wildman–Crippen LogP) is 3.05. The molecule has 21 heavy (non-hydrogen) atoms. The zero-order valence-electron chi connectivity index (χ0n) is 11.8. The van der Waals surface area contributed by atoms with Crippen LogP contribution in [0.25, 0.3) is 0 Å². The second-order valence-electron chi connectivity index (χ2n) is 5.01. The van der Waals surface area contributed by atoms with Crippen LogP contribution in [0.1, 0.15) is 24.0 Å². The van der Waals surface area contributed by atoms with Gasteiger partial charge in [0.25, 0.3) is 0 Å². The minimum absolute atomic E-state index is 0.0570. The van der Waals surface area contributed by atoms with E-state index in [0.29, 0.717) is 6.54 Å². The van der Waals surface area contributed by atoms with Crippen LogP contribution in [-0.4, -0.2) is 15.0 Å². The SMILES string of the molecule is C[C@@H](CNS(=O)(=O)Cc1ccccc1F)c1ccccc1. The summed E-state index contributed by atoms with van der Waals surface area (Å²) in [4.78, 5) is 0. The van der Waals surface area contributed by atoms with E-state index >= 15 is 0 Å². The Morgan fingerprint density at radius 1 is 1.05 bits per heavy atom. The molecule has 2 aromatic carbocycles. The number of sulfonamides is 1. The Bertz CT molecular complexity index is 686. The third kappa shape index (κ3) is 4.65. The first kappa shape index (κ1) is 15.7. The number of nitrogens with one attached hydrogen (secondary N) is 1. The van der Waals surface area contributed by atoms with Crippen LogP contribution in [0.2, 0.25) is 0 Å². The van der Waals surface area contributed by atoms with E-state index < -0.39 is 15.8 Å². The fourth-order valence-corrected chi connectivity index (χ4v) is 3.27. The molecule has 112 valence electrons. The van der Waals surface area contributed by atoms with E-state index in [4.69, 9.17) is 0 Å². The molecule has 0 aliphatic heterocycles. The molecule has 0 fully saturated rings. The Kier molecular flexibility index (Phi) is 5.09. The summed E-state index contributed by atoms with van der Waals surface area (Å²) in [7, 11) is -3.55. The lowest BCUT2D eigenvalue weighted by molar-refractivity contribution is 0.569. The molecule has 0 amide bonds. The van der Waals surface area contributed by atoms with E-state index in [2.05, 4.69) is 4.72 Å². The van der Waals surface area contributed by atoms with Crippen molar-refractivity contribution in [3.63, 3.8) is 0 Å². The topological polar surface area (TPSA) is 46.2 Å². The van der Waals surface area contributed by atoms with Gasteiger partial charge in [-0.1, -0.05) is 55.5 Å². The molecule has 0 aromatic heterocycles. The molecule has 0 spiro atoms. The van der Waals surface area contributed by atoms with Gasteiger partial charge in [0.2, 0.25) is 10.0 Å². The van der Waals surface area contributed by atoms with Crippen molar-refractivity contribution in [2.45, 2.75) is 18.6 Å². The van der Waals surface area contributed by atoms with Crippen molar-refractivity contribution in [3.05, 3.63) is 71.5 Å². The molecule has 3 nitrogen and oxygen atoms in total. The number of halogens is 1. The lowest BCUT2D eigenvalue weighted by Crippen LogP contribution is -2.29. The first-order valence-electron chi connectivity index (χ1n) is 6.73. The van der Waals surface area contributed by atoms with Gasteiger partial charge < -0.3 is 0 Å². The van der Waals surface area contributed by atoms with Gasteiger partial charge in [0.05, 0.1) is 5.75 Å². The van der Waals surface area contributed by atoms with Crippen LogP contribution in [0.5, 0.6) is 0 Å². The molecule has 0 aliphatic rings. The quantitative estimate of drug-likeness (QED) is 0.891. The zero-order valence-corrected chi connectivity index (χ0v) is 12.6. The number of hydrogen-bond donors (Lipinski definition) is 1. The third-order valence-electron chi connectivity index (χ3n) is 3.28. The molecular formula is C16H18FNO2S. The van der Waals surface area contributed by atoms with Gasteiger partial charge in [-0.2, -0.15) is 0 Å². The van der Waals surface area contributed by atoms with Crippen molar-refractivity contribution in [1.82, 2.24) is 4.72 Å². The Hall–Kier alpha value is -1.72. The van der Waals surface area contributed by atoms with E-state index in [9.17, 15) is 12.8 Å². The van der Waals surface area contributed by atoms with Gasteiger partial charge in [-0.25, -0.2) is 17.5 Å². The second-order valence-corrected chi connectivity index (χ2v) is 6.82. The molecule has 0 saturated carbocycles. The maximum absolute atomic E-state index is 13.5. The Morgan fingerprint density at radius 3 is 2.33 bits per heavy atom. The standard InChI is InChI=1S/C16H18FNO2S/c1-13(14-7-3-2-4-8-14)11-18-21(19,20)12-15-9-5-6-10-16(15)17/h2-10,13,18H,11-12H2,1H3/t13-/m0/s1. The van der Waals surface area contributed by atoms with Crippen LogP contribution >= 0.6 is 0 Å². The summed E-state index contributed by atoms with van der Waals surface area (Å²) in [5.74, 6) is -0.790. The summed E-state index contributed by atoms with van der Waals surface area (Å²) >= 11 is 0. The highest BCUT2D eigenvalue weighted by atomic mass is 32.2. The second kappa shape index (κ2) is 6.83. The predicted molar refractivity (Wildman–Crippen MR) is 81.9 cm³/mol. The first-order chi connectivity index (χ1) is 9.98. The maximum Gasteiger partial charge on any atom is 0.215 e. The van der Waals surface area contributed by atoms with E-state index in [1.54, 1.807) is 6.07 Å². The minimum atomic E-state index is -3.55. The lowest BCUT2D eigenvalue weighted by atomic mass is 10.0. The van der Waals surface area contributed by atoms with Gasteiger partial charge in [-0.05, 0) is 17.5 Å². The summed E-state index contributed by atoms with van der Waals surface area (Å²) in [5, 5.41) is 0. The van der Waals surface area contributed by atoms with E-state index in [0.717, 1.165) is 5.56 Å². The van der Waals surface area contributed by atoms with Crippen LogP contribution in [0, 0.1) is 5.82 Å². The molecule has 1 atom stereocenters. The summed E-state index contributed by atoms with van der Waals surface area (Å²) < 4.78 is 40.1. The highest BCUT2D eigenvalue weighted by molar-refractivity contribution is 7.88. The van der Waals surface area contributed by atoms with Crippen LogP contribution in [0.4, 0.5) is 4.39 Å². The van der Waals surface area contributed by atoms with Gasteiger partial charge >= 0.3 is 0 Å². The third-order valence-corrected chi connectivity index (χ3v) is 4.58. The van der Waals surface area contributed by atoms with Crippen molar-refractivity contribution in [2.24, 2.45) is 0 Å². The Morgan fingerprint density at radius 2 is 1.67 bits per heavy atom. The van der Waals surface area contributed by atoms with Crippen molar-refractivity contribution < 1.29 is 12.8 Å². The molecule has 0 aliphatic carbocycles. The summed E-state index contributed by atoms with van der Waals surface area (Å²) in [5.41, 5.74) is 1.24. The number of rotatable bonds is 6. The van der Waals surface area contributed by atoms with Crippen LogP contribution < -0.4 is 4.72 Å². The normalized spacial score (nSPS) is 13.0. The molecule has 0 saturated heterocycles. The Labute approximate surface area is 124 Å². The molecular weight excluding hydrogens is 289 g/mol. The fraction of sp³-hybridized carbons (Fsp3) is 0.250. The first-order valence-corrected chi connectivity index (χ1v) is 8.39. The lowest BCUT2D eigenvalue weighted by Gasteiger charge is -2.13. The summed E-state index contributed by atoms with van der Waals surface area (Å²) in [6.45, 7) is 2.24. The largest absolute Gasteiger partial charge is 0.215 e. The molecule has 2 rings (SSSR count). The summed E-state index contributed by atoms with van der Waals surface area (Å²) in [6, 6.07) is 15.6. The molecule has 1 N–H and O–H groups in total. The van der Waals surface area contributed by atoms with Gasteiger partial charge in [0, 0.05) is 12.1 Å². The van der Waals surface area contributed by atoms with Crippen molar-refractivity contribution in [3.8, 4) is 0 Å². The molecule has 0 heterocycles. The molecule has 0 unspecified atom stereocenters. The fourth-order valence-electron chi connectivity index (χ4n) is 2.02. The van der Waals surface area contributed by atoms with E-state index in [1.807, 2.05) is 37.3 Å².